The summed E-state index contributed by atoms with van der Waals surface area (Å²) in [6, 6.07) is 8.11. The van der Waals surface area contributed by atoms with Gasteiger partial charge < -0.3 is 0 Å². The first kappa shape index (κ1) is 11.8. The SMILES string of the molecule is CCCc1cc(CC#N)cc(Br)c1C#N. The predicted octanol–water partition coefficient (Wildman–Crippen LogP) is 3.34. The Morgan fingerprint density at radius 3 is 2.60 bits per heavy atom. The van der Waals surface area contributed by atoms with Crippen molar-refractivity contribution in [3.63, 3.8) is 0 Å². The minimum absolute atomic E-state index is 0.390. The summed E-state index contributed by atoms with van der Waals surface area (Å²) in [5.74, 6) is 0. The Bertz CT molecular complexity index is 438. The second kappa shape index (κ2) is 5.53. The van der Waals surface area contributed by atoms with Crippen LogP contribution >= 0.6 is 15.9 Å². The van der Waals surface area contributed by atoms with Crippen molar-refractivity contribution in [2.24, 2.45) is 0 Å². The molecule has 1 rings (SSSR count). The third-order valence-electron chi connectivity index (χ3n) is 2.15. The van der Waals surface area contributed by atoms with E-state index in [0.29, 0.717) is 12.0 Å². The standard InChI is InChI=1S/C12H11BrN2/c1-2-3-10-6-9(4-5-14)7-12(13)11(10)8-15/h6-7H,2-4H2,1H3. The second-order valence-electron chi connectivity index (χ2n) is 3.31. The van der Waals surface area contributed by atoms with E-state index in [-0.39, 0.29) is 0 Å². The minimum Gasteiger partial charge on any atom is -0.198 e. The van der Waals surface area contributed by atoms with E-state index in [9.17, 15) is 0 Å². The van der Waals surface area contributed by atoms with Gasteiger partial charge in [-0.25, -0.2) is 0 Å². The van der Waals surface area contributed by atoms with E-state index in [1.54, 1.807) is 0 Å². The van der Waals surface area contributed by atoms with Gasteiger partial charge in [-0.1, -0.05) is 19.4 Å². The topological polar surface area (TPSA) is 47.6 Å². The fourth-order valence-corrected chi connectivity index (χ4v) is 2.15. The number of nitriles is 2. The summed E-state index contributed by atoms with van der Waals surface area (Å²) >= 11 is 3.37. The highest BCUT2D eigenvalue weighted by Crippen LogP contribution is 2.23. The fourth-order valence-electron chi connectivity index (χ4n) is 1.51. The lowest BCUT2D eigenvalue weighted by molar-refractivity contribution is 0.914. The average Bonchev–Trinajstić information content (AvgIpc) is 2.18. The molecule has 0 aliphatic rings. The predicted molar refractivity (Wildman–Crippen MR) is 62.2 cm³/mol. The van der Waals surface area contributed by atoms with Crippen LogP contribution in [0.25, 0.3) is 0 Å². The average molecular weight is 263 g/mol. The largest absolute Gasteiger partial charge is 0.198 e. The first-order valence-electron chi connectivity index (χ1n) is 4.81. The lowest BCUT2D eigenvalue weighted by atomic mass is 10.00. The highest BCUT2D eigenvalue weighted by atomic mass is 79.9. The Kier molecular flexibility index (Phi) is 4.34. The van der Waals surface area contributed by atoms with Crippen LogP contribution < -0.4 is 0 Å². The summed E-state index contributed by atoms with van der Waals surface area (Å²) in [5.41, 5.74) is 2.69. The van der Waals surface area contributed by atoms with Crippen LogP contribution in [0.3, 0.4) is 0 Å². The molecule has 0 aromatic heterocycles. The summed E-state index contributed by atoms with van der Waals surface area (Å²) in [5, 5.41) is 17.6. The van der Waals surface area contributed by atoms with Gasteiger partial charge in [-0.05, 0) is 39.5 Å². The molecule has 1 aromatic rings. The quantitative estimate of drug-likeness (QED) is 0.839. The number of nitrogens with zero attached hydrogens (tertiary/aromatic N) is 2. The Morgan fingerprint density at radius 2 is 2.07 bits per heavy atom. The van der Waals surface area contributed by atoms with E-state index in [1.165, 1.54) is 0 Å². The first-order chi connectivity index (χ1) is 7.22. The van der Waals surface area contributed by atoms with Gasteiger partial charge in [0.15, 0.2) is 0 Å². The molecule has 0 amide bonds. The van der Waals surface area contributed by atoms with Crippen LogP contribution in [-0.4, -0.2) is 0 Å². The van der Waals surface area contributed by atoms with E-state index < -0.39 is 0 Å². The molecule has 0 unspecified atom stereocenters. The molecule has 0 fully saturated rings. The van der Waals surface area contributed by atoms with Crippen molar-refractivity contribution in [3.8, 4) is 12.1 Å². The number of aryl methyl sites for hydroxylation is 1. The minimum atomic E-state index is 0.390. The first-order valence-corrected chi connectivity index (χ1v) is 5.60. The van der Waals surface area contributed by atoms with Crippen molar-refractivity contribution in [2.45, 2.75) is 26.2 Å². The molecular formula is C12H11BrN2. The molecule has 76 valence electrons. The molecule has 15 heavy (non-hydrogen) atoms. The lowest BCUT2D eigenvalue weighted by Crippen LogP contribution is -1.94. The van der Waals surface area contributed by atoms with Gasteiger partial charge in [0.05, 0.1) is 18.1 Å². The highest BCUT2D eigenvalue weighted by Gasteiger charge is 2.08. The van der Waals surface area contributed by atoms with Crippen LogP contribution in [0.2, 0.25) is 0 Å². The molecule has 0 spiro atoms. The number of hydrogen-bond donors (Lipinski definition) is 0. The van der Waals surface area contributed by atoms with Gasteiger partial charge in [-0.3, -0.25) is 0 Å². The molecular weight excluding hydrogens is 252 g/mol. The zero-order chi connectivity index (χ0) is 11.3. The molecule has 0 saturated heterocycles. The number of benzene rings is 1. The van der Waals surface area contributed by atoms with Crippen molar-refractivity contribution in [2.75, 3.05) is 0 Å². The monoisotopic (exact) mass is 262 g/mol. The van der Waals surface area contributed by atoms with Crippen LogP contribution in [0.5, 0.6) is 0 Å². The van der Waals surface area contributed by atoms with Gasteiger partial charge >= 0.3 is 0 Å². The van der Waals surface area contributed by atoms with Crippen molar-refractivity contribution in [1.29, 1.82) is 10.5 Å². The van der Waals surface area contributed by atoms with Gasteiger partial charge in [-0.2, -0.15) is 10.5 Å². The molecule has 2 nitrogen and oxygen atoms in total. The van der Waals surface area contributed by atoms with Crippen LogP contribution in [0.1, 0.15) is 30.0 Å². The van der Waals surface area contributed by atoms with Gasteiger partial charge in [0.2, 0.25) is 0 Å². The van der Waals surface area contributed by atoms with E-state index in [1.807, 2.05) is 12.1 Å². The molecule has 0 atom stereocenters. The molecule has 0 N–H and O–H groups in total. The van der Waals surface area contributed by atoms with Crippen LogP contribution in [-0.2, 0) is 12.8 Å². The smallest absolute Gasteiger partial charge is 0.101 e. The van der Waals surface area contributed by atoms with Crippen molar-refractivity contribution in [3.05, 3.63) is 33.3 Å². The summed E-state index contributed by atoms with van der Waals surface area (Å²) in [6.45, 7) is 2.08. The van der Waals surface area contributed by atoms with Crippen molar-refractivity contribution in [1.82, 2.24) is 0 Å². The Morgan fingerprint density at radius 1 is 1.33 bits per heavy atom. The maximum absolute atomic E-state index is 9.00. The molecule has 3 heteroatoms. The Hall–Kier alpha value is -1.32. The van der Waals surface area contributed by atoms with Gasteiger partial charge in [0.1, 0.15) is 6.07 Å². The van der Waals surface area contributed by atoms with Gasteiger partial charge in [0.25, 0.3) is 0 Å². The number of hydrogen-bond acceptors (Lipinski definition) is 2. The number of rotatable bonds is 3. The van der Waals surface area contributed by atoms with Crippen LogP contribution in [0.4, 0.5) is 0 Å². The van der Waals surface area contributed by atoms with Gasteiger partial charge in [-0.15, -0.1) is 0 Å². The molecule has 0 heterocycles. The summed E-state index contributed by atoms with van der Waals surface area (Å²) < 4.78 is 0.793. The molecule has 0 radical (unpaired) electrons. The van der Waals surface area contributed by atoms with Crippen molar-refractivity contribution < 1.29 is 0 Å². The fraction of sp³-hybridized carbons (Fsp3) is 0.333. The zero-order valence-corrected chi connectivity index (χ0v) is 10.1. The Labute approximate surface area is 98.3 Å². The molecule has 0 bridgehead atoms. The second-order valence-corrected chi connectivity index (χ2v) is 4.16. The summed E-state index contributed by atoms with van der Waals surface area (Å²) in [4.78, 5) is 0. The highest BCUT2D eigenvalue weighted by molar-refractivity contribution is 9.10. The molecule has 0 aliphatic carbocycles. The van der Waals surface area contributed by atoms with Gasteiger partial charge in [0, 0.05) is 4.47 Å². The molecule has 0 saturated carbocycles. The summed E-state index contributed by atoms with van der Waals surface area (Å²) in [6.07, 6.45) is 2.26. The van der Waals surface area contributed by atoms with E-state index in [2.05, 4.69) is 35.0 Å². The van der Waals surface area contributed by atoms with E-state index in [0.717, 1.165) is 28.4 Å². The van der Waals surface area contributed by atoms with E-state index in [4.69, 9.17) is 10.5 Å². The Balaban J connectivity index is 3.22. The van der Waals surface area contributed by atoms with Crippen LogP contribution in [0.15, 0.2) is 16.6 Å². The third kappa shape index (κ3) is 2.81. The maximum atomic E-state index is 9.00. The third-order valence-corrected chi connectivity index (χ3v) is 2.77. The maximum Gasteiger partial charge on any atom is 0.101 e. The number of halogens is 1. The summed E-state index contributed by atoms with van der Waals surface area (Å²) in [7, 11) is 0. The molecule has 1 aromatic carbocycles. The lowest BCUT2D eigenvalue weighted by Gasteiger charge is -2.06. The zero-order valence-electron chi connectivity index (χ0n) is 8.55. The normalized spacial score (nSPS) is 9.33. The van der Waals surface area contributed by atoms with E-state index >= 15 is 0 Å². The van der Waals surface area contributed by atoms with Crippen molar-refractivity contribution >= 4 is 15.9 Å². The van der Waals surface area contributed by atoms with Crippen LogP contribution in [0, 0.1) is 22.7 Å². The molecule has 0 aliphatic heterocycles.